The average Bonchev–Trinajstić information content (AvgIpc) is 2.14. The topological polar surface area (TPSA) is 0 Å². The van der Waals surface area contributed by atoms with E-state index in [0.29, 0.717) is 0 Å². The van der Waals surface area contributed by atoms with Gasteiger partial charge in [0, 0.05) is 4.91 Å². The molecule has 0 aliphatic carbocycles. The number of rotatable bonds is 1. The Morgan fingerprint density at radius 3 is 1.88 bits per heavy atom. The Morgan fingerprint density at radius 2 is 1.53 bits per heavy atom. The first kappa shape index (κ1) is 15.8. The summed E-state index contributed by atoms with van der Waals surface area (Å²) in [5.41, 5.74) is 0.520. The zero-order valence-corrected chi connectivity index (χ0v) is 15.6. The van der Waals surface area contributed by atoms with Gasteiger partial charge in [0.25, 0.3) is 0 Å². The van der Waals surface area contributed by atoms with Gasteiger partial charge in [0.1, 0.15) is 0 Å². The fourth-order valence-electron chi connectivity index (χ4n) is 1.61. The molecule has 1 atom stereocenters. The third-order valence-electron chi connectivity index (χ3n) is 2.65. The van der Waals surface area contributed by atoms with Crippen LogP contribution in [0.3, 0.4) is 0 Å². The van der Waals surface area contributed by atoms with Gasteiger partial charge in [-0.3, -0.25) is 0 Å². The lowest BCUT2D eigenvalue weighted by Gasteiger charge is -2.32. The van der Waals surface area contributed by atoms with Crippen LogP contribution in [0.1, 0.15) is 41.5 Å². The van der Waals surface area contributed by atoms with Crippen LogP contribution in [0.5, 0.6) is 0 Å². The van der Waals surface area contributed by atoms with E-state index in [1.54, 1.807) is 9.77 Å². The lowest BCUT2D eigenvalue weighted by Crippen LogP contribution is -2.21. The van der Waals surface area contributed by atoms with Gasteiger partial charge in [-0.25, -0.2) is 0 Å². The van der Waals surface area contributed by atoms with Gasteiger partial charge in [0.15, 0.2) is 0 Å². The first-order valence-electron chi connectivity index (χ1n) is 5.83. The Kier molecular flexibility index (Phi) is 5.04. The fraction of sp³-hybridized carbons (Fsp3) is 0.643. The molecule has 98 valence electrons. The average molecular weight is 382 g/mol. The van der Waals surface area contributed by atoms with Crippen molar-refractivity contribution in [3.63, 3.8) is 0 Å². The molecule has 1 rings (SSSR count). The molecule has 1 unspecified atom stereocenters. The van der Waals surface area contributed by atoms with E-state index in [2.05, 4.69) is 81.2 Å². The predicted molar refractivity (Wildman–Crippen MR) is 95.2 cm³/mol. The fourth-order valence-corrected chi connectivity index (χ4v) is 8.73. The second kappa shape index (κ2) is 5.41. The van der Waals surface area contributed by atoms with Crippen LogP contribution in [0.25, 0.3) is 0 Å². The molecule has 0 radical (unpaired) electrons. The minimum atomic E-state index is 0.231. The van der Waals surface area contributed by atoms with Crippen molar-refractivity contribution in [3.8, 4) is 0 Å². The van der Waals surface area contributed by atoms with Gasteiger partial charge in [-0.15, -0.1) is 11.8 Å². The Bertz CT molecular complexity index is 401. The summed E-state index contributed by atoms with van der Waals surface area (Å²) in [5, 5.41) is 0. The molecule has 0 N–H and O–H groups in total. The Labute approximate surface area is 125 Å². The largest absolute Gasteiger partial charge is 0.130 e. The second-order valence-corrected chi connectivity index (χ2v) is 11.3. The molecule has 1 heterocycles. The lowest BCUT2D eigenvalue weighted by molar-refractivity contribution is 0.533. The highest BCUT2D eigenvalue weighted by Gasteiger charge is 2.28. The number of halogens is 1. The molecule has 0 saturated carbocycles. The van der Waals surface area contributed by atoms with E-state index >= 15 is 0 Å². The summed E-state index contributed by atoms with van der Waals surface area (Å²) in [6.07, 6.45) is 6.96. The zero-order valence-electron chi connectivity index (χ0n) is 11.8. The van der Waals surface area contributed by atoms with Gasteiger partial charge in [0.2, 0.25) is 0 Å². The van der Waals surface area contributed by atoms with Gasteiger partial charge in [0.05, 0.1) is 0 Å². The van der Waals surface area contributed by atoms with Crippen LogP contribution in [0.15, 0.2) is 22.0 Å². The van der Waals surface area contributed by atoms with Crippen molar-refractivity contribution in [3.05, 3.63) is 22.0 Å². The van der Waals surface area contributed by atoms with Crippen molar-refractivity contribution < 1.29 is 0 Å². The Morgan fingerprint density at radius 1 is 1.00 bits per heavy atom. The standard InChI is InChI=1S/C14H23IS2/c1-13(2,3)11-8-10(16-7)9-12(17(11)15)14(4,5)6/h8-9H,1-7H3. The van der Waals surface area contributed by atoms with E-state index in [9.17, 15) is 0 Å². The predicted octanol–water partition coefficient (Wildman–Crippen LogP) is 6.01. The van der Waals surface area contributed by atoms with E-state index < -0.39 is 0 Å². The summed E-state index contributed by atoms with van der Waals surface area (Å²) in [6.45, 7) is 13.9. The maximum absolute atomic E-state index is 2.63. The molecule has 0 spiro atoms. The zero-order chi connectivity index (χ0) is 13.4. The molecule has 0 saturated heterocycles. The molecule has 0 aromatic carbocycles. The van der Waals surface area contributed by atoms with Crippen molar-refractivity contribution in [1.29, 1.82) is 0 Å². The summed E-state index contributed by atoms with van der Waals surface area (Å²) in [7, 11) is 0.231. The highest BCUT2D eigenvalue weighted by molar-refractivity contribution is 14.2. The first-order chi connectivity index (χ1) is 7.57. The summed E-state index contributed by atoms with van der Waals surface area (Å²) < 4.78 is 0. The van der Waals surface area contributed by atoms with Crippen molar-refractivity contribution >= 4 is 45.5 Å². The SMILES string of the molecule is CSC1=CC(C(C)(C)C)=S(I)C(C(C)(C)C)=C1. The molecular weight excluding hydrogens is 359 g/mol. The van der Waals surface area contributed by atoms with E-state index in [4.69, 9.17) is 0 Å². The van der Waals surface area contributed by atoms with E-state index in [1.807, 2.05) is 11.8 Å². The minimum Gasteiger partial charge on any atom is -0.130 e. The van der Waals surface area contributed by atoms with E-state index in [0.717, 1.165) is 0 Å². The highest BCUT2D eigenvalue weighted by atomic mass is 127. The van der Waals surface area contributed by atoms with Crippen LogP contribution in [0.2, 0.25) is 0 Å². The lowest BCUT2D eigenvalue weighted by atomic mass is 9.91. The molecule has 0 aromatic rings. The summed E-state index contributed by atoms with van der Waals surface area (Å²) in [4.78, 5) is 4.56. The third-order valence-corrected chi connectivity index (χ3v) is 8.43. The number of hydrogen-bond acceptors (Lipinski definition) is 1. The smallest absolute Gasteiger partial charge is 0.00854 e. The Balaban J connectivity index is 3.40. The number of hydrogen-bond donors (Lipinski definition) is 0. The molecule has 0 aromatic heterocycles. The quantitative estimate of drug-likeness (QED) is 0.395. The van der Waals surface area contributed by atoms with Gasteiger partial charge >= 0.3 is 0 Å². The van der Waals surface area contributed by atoms with Gasteiger partial charge in [-0.2, -0.15) is 0 Å². The Hall–Kier alpha value is 0.780. The van der Waals surface area contributed by atoms with Crippen LogP contribution in [-0.4, -0.2) is 11.1 Å². The molecule has 17 heavy (non-hydrogen) atoms. The van der Waals surface area contributed by atoms with Gasteiger partial charge < -0.3 is 0 Å². The second-order valence-electron chi connectivity index (χ2n) is 6.38. The van der Waals surface area contributed by atoms with Crippen molar-refractivity contribution in [1.82, 2.24) is 0 Å². The van der Waals surface area contributed by atoms with Crippen molar-refractivity contribution in [2.45, 2.75) is 41.5 Å². The molecule has 3 heteroatoms. The summed E-state index contributed by atoms with van der Waals surface area (Å²) in [6, 6.07) is 0. The molecule has 1 aliphatic heterocycles. The van der Waals surface area contributed by atoms with Crippen LogP contribution in [-0.2, 0) is 0 Å². The molecule has 0 fully saturated rings. The van der Waals surface area contributed by atoms with Crippen LogP contribution in [0, 0.1) is 10.8 Å². The molecule has 0 amide bonds. The molecule has 1 aliphatic rings. The maximum Gasteiger partial charge on any atom is 0.00854 e. The first-order valence-corrected chi connectivity index (χ1v) is 10.8. The number of thioether (sulfide) groups is 1. The van der Waals surface area contributed by atoms with Crippen LogP contribution in [0.4, 0.5) is 0 Å². The van der Waals surface area contributed by atoms with Crippen molar-refractivity contribution in [2.24, 2.45) is 10.8 Å². The van der Waals surface area contributed by atoms with Crippen LogP contribution < -0.4 is 0 Å². The third kappa shape index (κ3) is 3.87. The van der Waals surface area contributed by atoms with E-state index in [1.165, 1.54) is 4.91 Å². The minimum absolute atomic E-state index is 0.231. The maximum atomic E-state index is 2.63. The molecular formula is C14H23IS2. The van der Waals surface area contributed by atoms with Gasteiger partial charge in [-0.1, -0.05) is 49.2 Å². The van der Waals surface area contributed by atoms with Crippen molar-refractivity contribution in [2.75, 3.05) is 6.26 Å². The summed E-state index contributed by atoms with van der Waals surface area (Å²) >= 11 is 4.48. The highest BCUT2D eigenvalue weighted by Crippen LogP contribution is 2.51. The molecule has 0 bridgehead atoms. The number of allylic oxidation sites excluding steroid dienone is 3. The molecule has 0 nitrogen and oxygen atoms in total. The monoisotopic (exact) mass is 382 g/mol. The van der Waals surface area contributed by atoms with E-state index in [-0.39, 0.29) is 18.5 Å². The van der Waals surface area contributed by atoms with Crippen LogP contribution >= 0.6 is 40.6 Å². The normalized spacial score (nSPS) is 22.4. The van der Waals surface area contributed by atoms with Gasteiger partial charge in [-0.05, 0) is 60.2 Å². The summed E-state index contributed by atoms with van der Waals surface area (Å²) in [5.74, 6) is 0.